The summed E-state index contributed by atoms with van der Waals surface area (Å²) in [7, 11) is -3.47. The smallest absolute Gasteiger partial charge is 0.276 e. The number of nitrogens with two attached hydrogens (primary N) is 1. The van der Waals surface area contributed by atoms with Crippen LogP contribution in [0.1, 0.15) is 16.2 Å². The minimum Gasteiger partial charge on any atom is -0.369 e. The van der Waals surface area contributed by atoms with Crippen LogP contribution in [0.2, 0.25) is 0 Å². The van der Waals surface area contributed by atoms with E-state index in [1.54, 1.807) is 6.92 Å². The molecule has 0 saturated carbocycles. The van der Waals surface area contributed by atoms with Crippen LogP contribution in [0.4, 0.5) is 0 Å². The van der Waals surface area contributed by atoms with E-state index in [1.165, 1.54) is 11.0 Å². The number of aryl methyl sites for hydroxylation is 1. The van der Waals surface area contributed by atoms with Gasteiger partial charge in [0.15, 0.2) is 5.69 Å². The molecular weight excluding hydrogens is 312 g/mol. The number of aromatic nitrogens is 1. The zero-order chi connectivity index (χ0) is 16.5. The van der Waals surface area contributed by atoms with Gasteiger partial charge in [0.1, 0.15) is 5.76 Å². The molecule has 122 valence electrons. The Morgan fingerprint density at radius 1 is 1.36 bits per heavy atom. The third-order valence-corrected chi connectivity index (χ3v) is 4.76. The number of hydrogen-bond acceptors (Lipinski definition) is 6. The monoisotopic (exact) mass is 330 g/mol. The lowest BCUT2D eigenvalue weighted by molar-refractivity contribution is -0.122. The van der Waals surface area contributed by atoms with Crippen LogP contribution in [0.15, 0.2) is 10.6 Å². The number of nitrogens with zero attached hydrogens (tertiary/aromatic N) is 3. The van der Waals surface area contributed by atoms with Crippen LogP contribution in [0.5, 0.6) is 0 Å². The van der Waals surface area contributed by atoms with Gasteiger partial charge < -0.3 is 15.2 Å². The van der Waals surface area contributed by atoms with Gasteiger partial charge in [-0.15, -0.1) is 0 Å². The largest absolute Gasteiger partial charge is 0.369 e. The summed E-state index contributed by atoms with van der Waals surface area (Å²) >= 11 is 0. The number of sulfonamides is 1. The van der Waals surface area contributed by atoms with Gasteiger partial charge in [0.25, 0.3) is 5.91 Å². The van der Waals surface area contributed by atoms with Crippen molar-refractivity contribution in [3.05, 3.63) is 17.5 Å². The van der Waals surface area contributed by atoms with Crippen molar-refractivity contribution >= 4 is 21.8 Å². The van der Waals surface area contributed by atoms with Gasteiger partial charge in [0.2, 0.25) is 15.9 Å². The maximum absolute atomic E-state index is 12.4. The summed E-state index contributed by atoms with van der Waals surface area (Å²) < 4.78 is 29.4. The van der Waals surface area contributed by atoms with Gasteiger partial charge in [-0.25, -0.2) is 8.42 Å². The highest BCUT2D eigenvalue weighted by Crippen LogP contribution is 2.15. The molecule has 0 bridgehead atoms. The van der Waals surface area contributed by atoms with Crippen molar-refractivity contribution in [2.24, 2.45) is 11.7 Å². The Morgan fingerprint density at radius 3 is 2.55 bits per heavy atom. The molecule has 2 rings (SSSR count). The van der Waals surface area contributed by atoms with Crippen LogP contribution < -0.4 is 5.73 Å². The summed E-state index contributed by atoms with van der Waals surface area (Å²) in [6.45, 7) is 1.93. The average Bonchev–Trinajstić information content (AvgIpc) is 2.72. The molecule has 22 heavy (non-hydrogen) atoms. The number of rotatable bonds is 3. The van der Waals surface area contributed by atoms with Crippen molar-refractivity contribution in [1.82, 2.24) is 14.4 Å². The zero-order valence-corrected chi connectivity index (χ0v) is 13.2. The van der Waals surface area contributed by atoms with Crippen molar-refractivity contribution in [2.75, 3.05) is 32.4 Å². The molecule has 10 heteroatoms. The Kier molecular flexibility index (Phi) is 4.52. The summed E-state index contributed by atoms with van der Waals surface area (Å²) in [6, 6.07) is 1.49. The predicted octanol–water partition coefficient (Wildman–Crippen LogP) is -1.20. The highest BCUT2D eigenvalue weighted by Gasteiger charge is 2.33. The molecule has 0 aromatic carbocycles. The van der Waals surface area contributed by atoms with Crippen LogP contribution in [0.3, 0.4) is 0 Å². The average molecular weight is 330 g/mol. The molecule has 2 heterocycles. The molecule has 1 aliphatic heterocycles. The molecule has 0 radical (unpaired) electrons. The quantitative estimate of drug-likeness (QED) is 0.742. The van der Waals surface area contributed by atoms with E-state index in [0.717, 1.165) is 10.6 Å². The van der Waals surface area contributed by atoms with Crippen molar-refractivity contribution in [3.8, 4) is 0 Å². The lowest BCUT2D eigenvalue weighted by Crippen LogP contribution is -2.41. The predicted molar refractivity (Wildman–Crippen MR) is 76.2 cm³/mol. The van der Waals surface area contributed by atoms with E-state index in [1.807, 2.05) is 0 Å². The van der Waals surface area contributed by atoms with Crippen LogP contribution in [-0.2, 0) is 14.8 Å². The summed E-state index contributed by atoms with van der Waals surface area (Å²) in [4.78, 5) is 25.3. The Hall–Kier alpha value is -1.94. The molecule has 1 aromatic rings. The zero-order valence-electron chi connectivity index (χ0n) is 12.4. The Balaban J connectivity index is 2.23. The highest BCUT2D eigenvalue weighted by atomic mass is 32.2. The Morgan fingerprint density at radius 2 is 2.05 bits per heavy atom. The number of amides is 2. The van der Waals surface area contributed by atoms with E-state index in [4.69, 9.17) is 10.3 Å². The maximum atomic E-state index is 12.4. The Labute approximate surface area is 128 Å². The van der Waals surface area contributed by atoms with Crippen LogP contribution >= 0.6 is 0 Å². The van der Waals surface area contributed by atoms with E-state index in [2.05, 4.69) is 5.16 Å². The normalized spacial score (nSPS) is 20.6. The fraction of sp³-hybridized carbons (Fsp3) is 0.583. The van der Waals surface area contributed by atoms with Crippen molar-refractivity contribution in [3.63, 3.8) is 0 Å². The fourth-order valence-electron chi connectivity index (χ4n) is 2.28. The second-order valence-corrected chi connectivity index (χ2v) is 7.28. The summed E-state index contributed by atoms with van der Waals surface area (Å²) in [5, 5.41) is 3.64. The first-order chi connectivity index (χ1) is 10.2. The number of primary amides is 1. The van der Waals surface area contributed by atoms with Crippen LogP contribution in [-0.4, -0.2) is 67.0 Å². The van der Waals surface area contributed by atoms with Gasteiger partial charge in [-0.2, -0.15) is 4.31 Å². The standard InChI is InChI=1S/C12H18N4O5S/c1-8-5-10(14-21-8)12(18)15-3-4-16(22(2,19)20)7-9(6-15)11(13)17/h5,9H,3-4,6-7H2,1-2H3,(H2,13,17). The summed E-state index contributed by atoms with van der Waals surface area (Å²) in [5.41, 5.74) is 5.43. The van der Waals surface area contributed by atoms with E-state index in [-0.39, 0.29) is 31.9 Å². The third kappa shape index (κ3) is 3.63. The van der Waals surface area contributed by atoms with Crippen LogP contribution in [0.25, 0.3) is 0 Å². The van der Waals surface area contributed by atoms with Gasteiger partial charge in [-0.05, 0) is 6.92 Å². The molecule has 0 aliphatic carbocycles. The molecule has 9 nitrogen and oxygen atoms in total. The van der Waals surface area contributed by atoms with E-state index in [9.17, 15) is 18.0 Å². The first-order valence-corrected chi connectivity index (χ1v) is 8.50. The van der Waals surface area contributed by atoms with Crippen molar-refractivity contribution in [2.45, 2.75) is 6.92 Å². The Bertz CT molecular complexity index is 683. The van der Waals surface area contributed by atoms with Crippen molar-refractivity contribution in [1.29, 1.82) is 0 Å². The van der Waals surface area contributed by atoms with E-state index >= 15 is 0 Å². The molecule has 1 aromatic heterocycles. The molecular formula is C12H18N4O5S. The third-order valence-electron chi connectivity index (χ3n) is 3.49. The molecule has 2 N–H and O–H groups in total. The number of hydrogen-bond donors (Lipinski definition) is 1. The summed E-state index contributed by atoms with van der Waals surface area (Å²) in [5.74, 6) is -1.35. The maximum Gasteiger partial charge on any atom is 0.276 e. The minimum atomic E-state index is -3.47. The van der Waals surface area contributed by atoms with Crippen LogP contribution in [0, 0.1) is 12.8 Å². The topological polar surface area (TPSA) is 127 Å². The number of carbonyl (C=O) groups excluding carboxylic acids is 2. The molecule has 1 atom stereocenters. The fourth-order valence-corrected chi connectivity index (χ4v) is 3.14. The SMILES string of the molecule is Cc1cc(C(=O)N2CCN(S(C)(=O)=O)CC(C(N)=O)C2)no1. The first-order valence-electron chi connectivity index (χ1n) is 6.65. The second kappa shape index (κ2) is 6.05. The van der Waals surface area contributed by atoms with Gasteiger partial charge >= 0.3 is 0 Å². The molecule has 1 aliphatic rings. The van der Waals surface area contributed by atoms with Gasteiger partial charge in [0.05, 0.1) is 12.2 Å². The van der Waals surface area contributed by atoms with Gasteiger partial charge in [0, 0.05) is 32.2 Å². The van der Waals surface area contributed by atoms with Crippen molar-refractivity contribution < 1.29 is 22.5 Å². The lowest BCUT2D eigenvalue weighted by Gasteiger charge is -2.21. The molecule has 1 fully saturated rings. The van der Waals surface area contributed by atoms with Gasteiger partial charge in [-0.3, -0.25) is 9.59 Å². The highest BCUT2D eigenvalue weighted by molar-refractivity contribution is 7.88. The second-order valence-electron chi connectivity index (χ2n) is 5.29. The van der Waals surface area contributed by atoms with E-state index in [0.29, 0.717) is 5.76 Å². The van der Waals surface area contributed by atoms with Gasteiger partial charge in [-0.1, -0.05) is 5.16 Å². The lowest BCUT2D eigenvalue weighted by atomic mass is 10.1. The molecule has 2 amide bonds. The summed E-state index contributed by atoms with van der Waals surface area (Å²) in [6.07, 6.45) is 1.06. The molecule has 1 saturated heterocycles. The first kappa shape index (κ1) is 16.4. The number of carbonyl (C=O) groups is 2. The molecule has 0 spiro atoms. The van der Waals surface area contributed by atoms with E-state index < -0.39 is 27.8 Å². The minimum absolute atomic E-state index is 0.0320. The molecule has 1 unspecified atom stereocenters.